The van der Waals surface area contributed by atoms with Crippen molar-refractivity contribution >= 4 is 26.5 Å². The van der Waals surface area contributed by atoms with Gasteiger partial charge in [0.25, 0.3) is 10.0 Å². The van der Waals surface area contributed by atoms with Gasteiger partial charge in [0.2, 0.25) is 0 Å². The van der Waals surface area contributed by atoms with Gasteiger partial charge in [-0.3, -0.25) is 4.31 Å². The van der Waals surface area contributed by atoms with Crippen LogP contribution in [0.25, 0.3) is 10.8 Å². The molecule has 28 heavy (non-hydrogen) atoms. The predicted octanol–water partition coefficient (Wildman–Crippen LogP) is 1.52. The van der Waals surface area contributed by atoms with Crippen LogP contribution < -0.4 is 4.31 Å². The number of nitrogens with zero attached hydrogens (tertiary/aromatic N) is 3. The first-order chi connectivity index (χ1) is 13.4. The molecule has 4 aliphatic rings. The largest absolute Gasteiger partial charge is 0.396 e. The van der Waals surface area contributed by atoms with Gasteiger partial charge in [-0.2, -0.15) is 0 Å². The van der Waals surface area contributed by atoms with Crippen LogP contribution in [0.4, 0.5) is 5.69 Å². The summed E-state index contributed by atoms with van der Waals surface area (Å²) in [5.74, 6) is 0. The molecule has 3 saturated heterocycles. The van der Waals surface area contributed by atoms with Gasteiger partial charge in [0.15, 0.2) is 0 Å². The zero-order valence-electron chi connectivity index (χ0n) is 16.5. The molecule has 0 aliphatic carbocycles. The summed E-state index contributed by atoms with van der Waals surface area (Å²) in [6, 6.07) is 9.82. The van der Waals surface area contributed by atoms with E-state index in [1.54, 1.807) is 13.1 Å². The molecule has 6 nitrogen and oxygen atoms in total. The summed E-state index contributed by atoms with van der Waals surface area (Å²) in [5, 5.41) is 11.2. The Kier molecular flexibility index (Phi) is 4.04. The summed E-state index contributed by atoms with van der Waals surface area (Å²) in [6.45, 7) is 9.46. The Balaban J connectivity index is 1.48. The van der Waals surface area contributed by atoms with Gasteiger partial charge in [-0.25, -0.2) is 8.42 Å². The van der Waals surface area contributed by atoms with Gasteiger partial charge in [0.1, 0.15) is 45.8 Å². The number of aliphatic hydroxyl groups is 1. The molecule has 0 radical (unpaired) electrons. The number of hydrogen-bond acceptors (Lipinski definition) is 3. The lowest BCUT2D eigenvalue weighted by Crippen LogP contribution is -2.74. The third-order valence-corrected chi connectivity index (χ3v) is 9.30. The third kappa shape index (κ3) is 2.53. The number of fused-ring (bicyclic) bond motifs is 3. The highest BCUT2D eigenvalue weighted by molar-refractivity contribution is 7.93. The number of rotatable bonds is 5. The van der Waals surface area contributed by atoms with E-state index in [9.17, 15) is 13.5 Å². The van der Waals surface area contributed by atoms with Crippen molar-refractivity contribution in [2.45, 2.75) is 17.9 Å². The van der Waals surface area contributed by atoms with Crippen molar-refractivity contribution in [2.24, 2.45) is 0 Å². The van der Waals surface area contributed by atoms with Crippen LogP contribution in [0.1, 0.15) is 12.0 Å². The van der Waals surface area contributed by atoms with Crippen molar-refractivity contribution in [3.05, 3.63) is 35.9 Å². The summed E-state index contributed by atoms with van der Waals surface area (Å²) in [5.41, 5.74) is 2.06. The quantitative estimate of drug-likeness (QED) is 0.771. The molecule has 4 heterocycles. The number of benzene rings is 2. The van der Waals surface area contributed by atoms with Crippen molar-refractivity contribution in [1.29, 1.82) is 0 Å². The molecule has 150 valence electrons. The molecule has 2 aromatic rings. The zero-order valence-corrected chi connectivity index (χ0v) is 17.3. The Labute approximate surface area is 166 Å². The maximum absolute atomic E-state index is 12.7. The van der Waals surface area contributed by atoms with Crippen molar-refractivity contribution in [3.63, 3.8) is 0 Å². The second-order valence-electron chi connectivity index (χ2n) is 8.88. The van der Waals surface area contributed by atoms with E-state index in [1.807, 2.05) is 12.1 Å². The number of aliphatic hydroxyl groups excluding tert-OH is 1. The maximum Gasteiger partial charge on any atom is 0.264 e. The molecule has 1 N–H and O–H groups in total. The fourth-order valence-corrected chi connectivity index (χ4v) is 7.02. The second kappa shape index (κ2) is 6.16. The minimum atomic E-state index is -3.41. The summed E-state index contributed by atoms with van der Waals surface area (Å²) < 4.78 is 29.1. The van der Waals surface area contributed by atoms with Gasteiger partial charge in [0, 0.05) is 31.0 Å². The fourth-order valence-electron chi connectivity index (χ4n) is 5.59. The van der Waals surface area contributed by atoms with E-state index >= 15 is 0 Å². The highest BCUT2D eigenvalue weighted by atomic mass is 32.2. The van der Waals surface area contributed by atoms with Crippen molar-refractivity contribution in [3.8, 4) is 0 Å². The van der Waals surface area contributed by atoms with Crippen LogP contribution in [0.2, 0.25) is 0 Å². The first-order valence-electron chi connectivity index (χ1n) is 10.2. The van der Waals surface area contributed by atoms with Crippen LogP contribution in [0, 0.1) is 0 Å². The summed E-state index contributed by atoms with van der Waals surface area (Å²) in [6.07, 6.45) is 0.900. The van der Waals surface area contributed by atoms with Gasteiger partial charge in [-0.15, -0.1) is 0 Å². The van der Waals surface area contributed by atoms with Gasteiger partial charge >= 0.3 is 0 Å². The Morgan fingerprint density at radius 1 is 1.00 bits per heavy atom. The average Bonchev–Trinajstić information content (AvgIpc) is 2.92. The van der Waals surface area contributed by atoms with E-state index in [2.05, 4.69) is 12.1 Å². The lowest BCUT2D eigenvalue weighted by molar-refractivity contribution is -1.09. The summed E-state index contributed by atoms with van der Waals surface area (Å²) in [4.78, 5) is 0.446. The highest BCUT2D eigenvalue weighted by Crippen LogP contribution is 2.43. The van der Waals surface area contributed by atoms with Crippen LogP contribution >= 0.6 is 0 Å². The zero-order chi connectivity index (χ0) is 19.6. The van der Waals surface area contributed by atoms with Gasteiger partial charge < -0.3 is 14.1 Å². The maximum atomic E-state index is 12.7. The van der Waals surface area contributed by atoms with Crippen molar-refractivity contribution < 1.29 is 22.5 Å². The minimum Gasteiger partial charge on any atom is -0.396 e. The van der Waals surface area contributed by atoms with E-state index in [4.69, 9.17) is 0 Å². The van der Waals surface area contributed by atoms with Gasteiger partial charge in [-0.05, 0) is 17.5 Å². The van der Waals surface area contributed by atoms with E-state index in [0.29, 0.717) is 4.90 Å². The molecule has 0 aromatic heterocycles. The topological polar surface area (TPSA) is 57.6 Å². The molecule has 6 rings (SSSR count). The Morgan fingerprint density at radius 3 is 2.36 bits per heavy atom. The summed E-state index contributed by atoms with van der Waals surface area (Å²) >= 11 is 0. The van der Waals surface area contributed by atoms with Gasteiger partial charge in [-0.1, -0.05) is 18.2 Å². The number of quaternary nitrogens is 2. The summed E-state index contributed by atoms with van der Waals surface area (Å²) in [7, 11) is -1.77. The lowest BCUT2D eigenvalue weighted by Gasteiger charge is -2.55. The van der Waals surface area contributed by atoms with Gasteiger partial charge in [0.05, 0.1) is 17.1 Å². The Bertz CT molecular complexity index is 1030. The number of piperazine rings is 3. The fraction of sp³-hybridized carbons (Fsp3) is 0.524. The SMILES string of the molecule is CN1c2ccc(C[N+]34CC[N+](CCCO)(CC3)CC4)c3cccc(c23)S1(=O)=O. The van der Waals surface area contributed by atoms with Crippen LogP contribution in [-0.4, -0.2) is 82.0 Å². The molecule has 2 bridgehead atoms. The molecule has 0 amide bonds. The smallest absolute Gasteiger partial charge is 0.264 e. The molecule has 0 saturated carbocycles. The van der Waals surface area contributed by atoms with Crippen LogP contribution in [0.3, 0.4) is 0 Å². The van der Waals surface area contributed by atoms with E-state index in [0.717, 1.165) is 40.5 Å². The average molecular weight is 404 g/mol. The van der Waals surface area contributed by atoms with E-state index in [1.165, 1.54) is 53.6 Å². The van der Waals surface area contributed by atoms with Crippen LogP contribution in [0.5, 0.6) is 0 Å². The Hall–Kier alpha value is -1.67. The first-order valence-corrected chi connectivity index (χ1v) is 11.7. The molecule has 0 unspecified atom stereocenters. The molecule has 7 heteroatoms. The lowest BCUT2D eigenvalue weighted by atomic mass is 9.99. The number of sulfonamides is 1. The molecule has 0 atom stereocenters. The van der Waals surface area contributed by atoms with Crippen molar-refractivity contribution in [2.75, 3.05) is 63.8 Å². The molecule has 2 aromatic carbocycles. The minimum absolute atomic E-state index is 0.290. The van der Waals surface area contributed by atoms with E-state index in [-0.39, 0.29) is 6.61 Å². The van der Waals surface area contributed by atoms with Crippen LogP contribution in [-0.2, 0) is 16.6 Å². The number of hydrogen-bond donors (Lipinski definition) is 1. The predicted molar refractivity (Wildman–Crippen MR) is 110 cm³/mol. The first kappa shape index (κ1) is 18.4. The standard InChI is InChI=1S/C21H29N3O3S/c1-22-19-7-6-17(18-4-2-5-20(21(18)19)28(22,26)27)16-24-12-9-23(10-13-24,11-14-24)8-3-15-25/h2,4-7,25H,3,8-16H2,1H3/q+2. The molecular formula is C21H29N3O3S+2. The molecular weight excluding hydrogens is 374 g/mol. The highest BCUT2D eigenvalue weighted by Gasteiger charge is 2.48. The second-order valence-corrected chi connectivity index (χ2v) is 10.8. The Morgan fingerprint density at radius 2 is 1.68 bits per heavy atom. The monoisotopic (exact) mass is 403 g/mol. The number of anilines is 1. The van der Waals surface area contributed by atoms with Crippen LogP contribution in [0.15, 0.2) is 35.2 Å². The molecule has 3 fully saturated rings. The molecule has 4 aliphatic heterocycles. The molecule has 0 spiro atoms. The normalized spacial score (nSPS) is 30.3. The van der Waals surface area contributed by atoms with Crippen molar-refractivity contribution in [1.82, 2.24) is 0 Å². The third-order valence-electron chi connectivity index (χ3n) is 7.49. The van der Waals surface area contributed by atoms with E-state index < -0.39 is 10.0 Å².